The normalized spacial score (nSPS) is 16.6. The Hall–Kier alpha value is -2.51. The summed E-state index contributed by atoms with van der Waals surface area (Å²) in [5.74, 6) is -0.613. The number of hydrogen-bond donors (Lipinski definition) is 3. The number of benzene rings is 1. The monoisotopic (exact) mass is 372 g/mol. The van der Waals surface area contributed by atoms with Gasteiger partial charge in [0, 0.05) is 12.2 Å². The van der Waals surface area contributed by atoms with Crippen LogP contribution in [0.15, 0.2) is 36.7 Å². The molecule has 0 aliphatic carbocycles. The molecule has 1 atom stereocenters. The number of carbonyl (C=O) groups excluding carboxylic acids is 1. The summed E-state index contributed by atoms with van der Waals surface area (Å²) in [7, 11) is 1.80. The predicted molar refractivity (Wildman–Crippen MR) is 103 cm³/mol. The van der Waals surface area contributed by atoms with E-state index in [1.807, 2.05) is 13.8 Å². The topological polar surface area (TPSA) is 77.5 Å². The number of β-amino-alcohol motifs (C(OH)–C–C–N with tert-alkyl or cyclic N) is 1. The second-order valence-electron chi connectivity index (χ2n) is 7.04. The molecule has 1 saturated heterocycles. The first-order valence-corrected chi connectivity index (χ1v) is 9.04. The third-order valence-electron chi connectivity index (χ3n) is 5.07. The molecular weight excluding hydrogens is 347 g/mol. The molecule has 2 heterocycles. The van der Waals surface area contributed by atoms with E-state index >= 15 is 0 Å². The minimum Gasteiger partial charge on any atom is -0.385 e. The maximum absolute atomic E-state index is 14.2. The Kier molecular flexibility index (Phi) is 5.43. The van der Waals surface area contributed by atoms with Crippen molar-refractivity contribution in [3.8, 4) is 0 Å². The second-order valence-corrected chi connectivity index (χ2v) is 7.04. The predicted octanol–water partition coefficient (Wildman–Crippen LogP) is 2.46. The number of hydrogen-bond acceptors (Lipinski definition) is 5. The highest BCUT2D eigenvalue weighted by Gasteiger charge is 2.48. The molecule has 0 radical (unpaired) electrons. The smallest absolute Gasteiger partial charge is 0.256 e. The zero-order valence-electron chi connectivity index (χ0n) is 15.8. The first-order chi connectivity index (χ1) is 12.9. The van der Waals surface area contributed by atoms with Gasteiger partial charge in [-0.05, 0) is 44.2 Å². The van der Waals surface area contributed by atoms with Gasteiger partial charge < -0.3 is 20.6 Å². The van der Waals surface area contributed by atoms with E-state index in [0.29, 0.717) is 11.3 Å². The maximum atomic E-state index is 14.2. The number of nitrogens with zero attached hydrogens (tertiary/aromatic N) is 2. The largest absolute Gasteiger partial charge is 0.385 e. The van der Waals surface area contributed by atoms with Crippen molar-refractivity contribution in [1.82, 2.24) is 15.2 Å². The number of aromatic nitrogens is 1. The summed E-state index contributed by atoms with van der Waals surface area (Å²) >= 11 is 0. The summed E-state index contributed by atoms with van der Waals surface area (Å²) in [5.41, 5.74) is 0.994. The number of anilines is 2. The Labute approximate surface area is 158 Å². The molecule has 0 spiro atoms. The fraction of sp³-hybridized carbons (Fsp3) is 0.400. The molecule has 0 saturated carbocycles. The van der Waals surface area contributed by atoms with E-state index in [0.717, 1.165) is 12.0 Å². The van der Waals surface area contributed by atoms with E-state index < -0.39 is 11.4 Å². The summed E-state index contributed by atoms with van der Waals surface area (Å²) in [6.07, 6.45) is 3.79. The lowest BCUT2D eigenvalue weighted by molar-refractivity contribution is -0.103. The van der Waals surface area contributed by atoms with Gasteiger partial charge in [0.05, 0.1) is 36.2 Å². The number of halogens is 1. The second kappa shape index (κ2) is 7.62. The molecule has 27 heavy (non-hydrogen) atoms. The van der Waals surface area contributed by atoms with Crippen LogP contribution < -0.4 is 10.6 Å². The van der Waals surface area contributed by atoms with Crippen LogP contribution in [-0.2, 0) is 0 Å². The van der Waals surface area contributed by atoms with Gasteiger partial charge in [-0.25, -0.2) is 4.39 Å². The SMILES string of the molecule is CCC(NC)C1(O)CN(C(=O)c2ccncc2Nc2ccc(C)cc2F)C1. The van der Waals surface area contributed by atoms with Crippen molar-refractivity contribution in [2.75, 3.05) is 25.5 Å². The van der Waals surface area contributed by atoms with E-state index in [2.05, 4.69) is 15.6 Å². The Bertz CT molecular complexity index is 832. The molecule has 1 aliphatic heterocycles. The van der Waals surface area contributed by atoms with Crippen LogP contribution in [0.4, 0.5) is 15.8 Å². The molecule has 7 heteroatoms. The van der Waals surface area contributed by atoms with Crippen molar-refractivity contribution < 1.29 is 14.3 Å². The van der Waals surface area contributed by atoms with Gasteiger partial charge in [-0.3, -0.25) is 9.78 Å². The first-order valence-electron chi connectivity index (χ1n) is 9.04. The molecule has 1 aliphatic rings. The van der Waals surface area contributed by atoms with Gasteiger partial charge >= 0.3 is 0 Å². The van der Waals surface area contributed by atoms with Crippen molar-refractivity contribution in [1.29, 1.82) is 0 Å². The lowest BCUT2D eigenvalue weighted by Gasteiger charge is -2.50. The molecule has 6 nitrogen and oxygen atoms in total. The van der Waals surface area contributed by atoms with E-state index in [4.69, 9.17) is 0 Å². The molecule has 3 rings (SSSR count). The molecule has 1 amide bonds. The molecule has 1 fully saturated rings. The van der Waals surface area contributed by atoms with Crippen molar-refractivity contribution in [2.24, 2.45) is 0 Å². The third-order valence-corrected chi connectivity index (χ3v) is 5.07. The maximum Gasteiger partial charge on any atom is 0.256 e. The summed E-state index contributed by atoms with van der Waals surface area (Å²) in [5, 5.41) is 16.7. The zero-order chi connectivity index (χ0) is 19.6. The minimum atomic E-state index is -0.928. The molecule has 1 aromatic carbocycles. The van der Waals surface area contributed by atoms with E-state index in [1.165, 1.54) is 18.5 Å². The van der Waals surface area contributed by atoms with Gasteiger partial charge in [0.2, 0.25) is 0 Å². The van der Waals surface area contributed by atoms with Gasteiger partial charge in [-0.2, -0.15) is 0 Å². The number of pyridine rings is 1. The van der Waals surface area contributed by atoms with Gasteiger partial charge in [0.1, 0.15) is 11.4 Å². The number of aliphatic hydroxyl groups is 1. The molecule has 1 unspecified atom stereocenters. The Morgan fingerprint density at radius 3 is 2.74 bits per heavy atom. The average molecular weight is 372 g/mol. The quantitative estimate of drug-likeness (QED) is 0.726. The number of aryl methyl sites for hydroxylation is 1. The lowest BCUT2D eigenvalue weighted by atomic mass is 9.84. The summed E-state index contributed by atoms with van der Waals surface area (Å²) in [6, 6.07) is 6.38. The fourth-order valence-corrected chi connectivity index (χ4v) is 3.55. The molecule has 0 bridgehead atoms. The van der Waals surface area contributed by atoms with Crippen molar-refractivity contribution in [2.45, 2.75) is 31.9 Å². The van der Waals surface area contributed by atoms with Crippen LogP contribution in [0.25, 0.3) is 0 Å². The van der Waals surface area contributed by atoms with E-state index in [1.54, 1.807) is 30.1 Å². The highest BCUT2D eigenvalue weighted by Crippen LogP contribution is 2.30. The van der Waals surface area contributed by atoms with Crippen LogP contribution in [0.5, 0.6) is 0 Å². The molecule has 1 aromatic heterocycles. The molecule has 2 aromatic rings. The highest BCUT2D eigenvalue weighted by atomic mass is 19.1. The number of nitrogens with one attached hydrogen (secondary N) is 2. The molecule has 144 valence electrons. The standard InChI is InChI=1S/C20H25FN4O2/c1-4-18(22-3)20(27)11-25(12-20)19(26)14-7-8-23-10-17(14)24-16-6-5-13(2)9-15(16)21/h5-10,18,22,24,27H,4,11-12H2,1-3H3. The highest BCUT2D eigenvalue weighted by molar-refractivity contribution is 6.00. The molecule has 3 N–H and O–H groups in total. The van der Waals surface area contributed by atoms with E-state index in [9.17, 15) is 14.3 Å². The number of rotatable bonds is 6. The van der Waals surface area contributed by atoms with Crippen molar-refractivity contribution in [3.05, 3.63) is 53.6 Å². The van der Waals surface area contributed by atoms with Crippen molar-refractivity contribution in [3.63, 3.8) is 0 Å². The minimum absolute atomic E-state index is 0.0711. The van der Waals surface area contributed by atoms with Crippen LogP contribution in [0.2, 0.25) is 0 Å². The third kappa shape index (κ3) is 3.79. The summed E-state index contributed by atoms with van der Waals surface area (Å²) in [6.45, 7) is 4.31. The zero-order valence-corrected chi connectivity index (χ0v) is 15.8. The van der Waals surface area contributed by atoms with Crippen molar-refractivity contribution >= 4 is 17.3 Å². The number of carbonyl (C=O) groups is 1. The number of likely N-dealkylation sites (N-methyl/N-ethyl adjacent to an activating group) is 1. The van der Waals surface area contributed by atoms with Gasteiger partial charge in [0.15, 0.2) is 0 Å². The number of amides is 1. The van der Waals surface area contributed by atoms with Gasteiger partial charge in [-0.1, -0.05) is 13.0 Å². The average Bonchev–Trinajstić information content (AvgIpc) is 2.62. The lowest BCUT2D eigenvalue weighted by Crippen LogP contribution is -2.71. The van der Waals surface area contributed by atoms with Crippen LogP contribution >= 0.6 is 0 Å². The van der Waals surface area contributed by atoms with Gasteiger partial charge in [-0.15, -0.1) is 0 Å². The van der Waals surface area contributed by atoms with Crippen LogP contribution in [0.1, 0.15) is 29.3 Å². The Morgan fingerprint density at radius 2 is 2.11 bits per heavy atom. The van der Waals surface area contributed by atoms with Gasteiger partial charge in [0.25, 0.3) is 5.91 Å². The Morgan fingerprint density at radius 1 is 1.37 bits per heavy atom. The fourth-order valence-electron chi connectivity index (χ4n) is 3.55. The number of likely N-dealkylation sites (tertiary alicyclic amines) is 1. The Balaban J connectivity index is 1.77. The van der Waals surface area contributed by atoms with Crippen LogP contribution in [-0.4, -0.2) is 52.7 Å². The summed E-state index contributed by atoms with van der Waals surface area (Å²) in [4.78, 5) is 18.5. The van der Waals surface area contributed by atoms with Crippen LogP contribution in [0.3, 0.4) is 0 Å². The first kappa shape index (κ1) is 19.3. The van der Waals surface area contributed by atoms with E-state index in [-0.39, 0.29) is 30.7 Å². The van der Waals surface area contributed by atoms with Crippen LogP contribution in [0, 0.1) is 12.7 Å². The molecular formula is C20H25FN4O2. The summed E-state index contributed by atoms with van der Waals surface area (Å²) < 4.78 is 14.2.